The van der Waals surface area contributed by atoms with Gasteiger partial charge in [0, 0.05) is 7.05 Å². The number of carbonyl (C=O) groups excluding carboxylic acids is 2. The van der Waals surface area contributed by atoms with Crippen molar-refractivity contribution in [1.29, 1.82) is 0 Å². The van der Waals surface area contributed by atoms with Gasteiger partial charge in [0.05, 0.1) is 6.04 Å². The molecule has 1 heterocycles. The summed E-state index contributed by atoms with van der Waals surface area (Å²) in [5, 5.41) is 6.26. The van der Waals surface area contributed by atoms with E-state index in [4.69, 9.17) is 4.74 Å². The molecule has 18 heavy (non-hydrogen) atoms. The minimum absolute atomic E-state index is 0.193. The topological polar surface area (TPSA) is 86.1 Å². The second kappa shape index (κ2) is 5.16. The fourth-order valence-corrected chi connectivity index (χ4v) is 1.26. The van der Waals surface area contributed by atoms with E-state index in [0.29, 0.717) is 0 Å². The quantitative estimate of drug-likeness (QED) is 0.810. The summed E-state index contributed by atoms with van der Waals surface area (Å²) in [5.74, 6) is -0.126. The maximum absolute atomic E-state index is 11.9. The Morgan fingerprint density at radius 1 is 1.44 bits per heavy atom. The molecular formula is C11H18N4O3. The van der Waals surface area contributed by atoms with Gasteiger partial charge in [-0.15, -0.1) is 0 Å². The van der Waals surface area contributed by atoms with Gasteiger partial charge in [-0.2, -0.15) is 5.10 Å². The summed E-state index contributed by atoms with van der Waals surface area (Å²) in [7, 11) is 1.61. The highest BCUT2D eigenvalue weighted by Crippen LogP contribution is 2.07. The van der Waals surface area contributed by atoms with E-state index in [1.807, 2.05) is 0 Å². The molecule has 0 saturated heterocycles. The summed E-state index contributed by atoms with van der Waals surface area (Å²) in [5.41, 5.74) is -0.600. The van der Waals surface area contributed by atoms with Crippen molar-refractivity contribution >= 4 is 11.9 Å². The van der Waals surface area contributed by atoms with Crippen LogP contribution >= 0.6 is 0 Å². The molecule has 1 amide bonds. The predicted octanol–water partition coefficient (Wildman–Crippen LogP) is 0.911. The van der Waals surface area contributed by atoms with E-state index in [-0.39, 0.29) is 11.6 Å². The lowest BCUT2D eigenvalue weighted by molar-refractivity contribution is 0.0495. The van der Waals surface area contributed by atoms with Crippen LogP contribution in [0.25, 0.3) is 0 Å². The van der Waals surface area contributed by atoms with Crippen LogP contribution in [-0.4, -0.2) is 38.3 Å². The molecule has 0 aromatic carbocycles. The van der Waals surface area contributed by atoms with Crippen LogP contribution in [0, 0.1) is 0 Å². The Kier molecular flexibility index (Phi) is 4.05. The third kappa shape index (κ3) is 3.83. The van der Waals surface area contributed by atoms with Gasteiger partial charge in [0.2, 0.25) is 5.78 Å². The molecule has 0 spiro atoms. The molecule has 1 aromatic heterocycles. The fourth-order valence-electron chi connectivity index (χ4n) is 1.26. The molecule has 1 aromatic rings. The maximum Gasteiger partial charge on any atom is 0.408 e. The number of Topliss-reactive ketones (excluding diaryl/α,β-unsaturated/α-hetero) is 1. The van der Waals surface area contributed by atoms with Crippen LogP contribution in [0.5, 0.6) is 0 Å². The lowest BCUT2D eigenvalue weighted by Gasteiger charge is -2.21. The molecule has 1 N–H and O–H groups in total. The summed E-state index contributed by atoms with van der Waals surface area (Å²) < 4.78 is 6.42. The second-order valence-corrected chi connectivity index (χ2v) is 4.94. The van der Waals surface area contributed by atoms with E-state index < -0.39 is 17.7 Å². The summed E-state index contributed by atoms with van der Waals surface area (Å²) in [6.45, 7) is 6.83. The van der Waals surface area contributed by atoms with Crippen molar-refractivity contribution < 1.29 is 14.3 Å². The fraction of sp³-hybridized carbons (Fsp3) is 0.636. The van der Waals surface area contributed by atoms with Crippen LogP contribution < -0.4 is 5.32 Å². The van der Waals surface area contributed by atoms with Crippen LogP contribution in [0.4, 0.5) is 4.79 Å². The van der Waals surface area contributed by atoms with Gasteiger partial charge >= 0.3 is 6.09 Å². The molecule has 0 bridgehead atoms. The molecule has 0 fully saturated rings. The highest BCUT2D eigenvalue weighted by molar-refractivity contribution is 5.98. The van der Waals surface area contributed by atoms with E-state index >= 15 is 0 Å². The van der Waals surface area contributed by atoms with Crippen molar-refractivity contribution in [1.82, 2.24) is 20.1 Å². The standard InChI is InChI=1S/C11H18N4O3/c1-7(14-10(17)18-11(2,3)4)8(16)9-12-6-13-15(9)5/h6-7H,1-5H3,(H,14,17)/t7-/m0/s1. The van der Waals surface area contributed by atoms with Gasteiger partial charge in [-0.1, -0.05) is 0 Å². The molecule has 0 aliphatic carbocycles. The van der Waals surface area contributed by atoms with Crippen molar-refractivity contribution in [3.05, 3.63) is 12.2 Å². The molecule has 0 radical (unpaired) electrons. The lowest BCUT2D eigenvalue weighted by Crippen LogP contribution is -2.42. The number of alkyl carbamates (subject to hydrolysis) is 1. The van der Waals surface area contributed by atoms with E-state index in [9.17, 15) is 9.59 Å². The van der Waals surface area contributed by atoms with E-state index in [1.165, 1.54) is 11.0 Å². The monoisotopic (exact) mass is 254 g/mol. The van der Waals surface area contributed by atoms with Gasteiger partial charge in [-0.05, 0) is 27.7 Å². The first-order valence-electron chi connectivity index (χ1n) is 5.58. The Hall–Kier alpha value is -1.92. The van der Waals surface area contributed by atoms with Crippen LogP contribution in [0.3, 0.4) is 0 Å². The molecule has 0 unspecified atom stereocenters. The van der Waals surface area contributed by atoms with Crippen molar-refractivity contribution in [3.8, 4) is 0 Å². The number of aromatic nitrogens is 3. The van der Waals surface area contributed by atoms with Crippen molar-refractivity contribution in [2.24, 2.45) is 7.05 Å². The van der Waals surface area contributed by atoms with Gasteiger partial charge in [0.25, 0.3) is 0 Å². The lowest BCUT2D eigenvalue weighted by atomic mass is 10.2. The highest BCUT2D eigenvalue weighted by atomic mass is 16.6. The SMILES string of the molecule is C[C@H](NC(=O)OC(C)(C)C)C(=O)c1ncnn1C. The number of ketones is 1. The number of carbonyl (C=O) groups is 2. The number of rotatable bonds is 3. The van der Waals surface area contributed by atoms with Gasteiger partial charge < -0.3 is 10.1 Å². The highest BCUT2D eigenvalue weighted by Gasteiger charge is 2.24. The smallest absolute Gasteiger partial charge is 0.408 e. The Labute approximate surface area is 106 Å². The van der Waals surface area contributed by atoms with Crippen LogP contribution in [-0.2, 0) is 11.8 Å². The minimum atomic E-state index is -0.720. The van der Waals surface area contributed by atoms with Crippen LogP contribution in [0.15, 0.2) is 6.33 Å². The first-order chi connectivity index (χ1) is 8.20. The number of aryl methyl sites for hydroxylation is 1. The molecule has 0 aliphatic heterocycles. The molecule has 0 aliphatic rings. The van der Waals surface area contributed by atoms with Crippen molar-refractivity contribution in [2.75, 3.05) is 0 Å². The van der Waals surface area contributed by atoms with E-state index in [2.05, 4.69) is 15.4 Å². The van der Waals surface area contributed by atoms with Gasteiger partial charge in [0.15, 0.2) is 5.82 Å². The number of nitrogens with zero attached hydrogens (tertiary/aromatic N) is 3. The average molecular weight is 254 g/mol. The number of hydrogen-bond acceptors (Lipinski definition) is 5. The normalized spacial score (nSPS) is 12.9. The molecular weight excluding hydrogens is 236 g/mol. The molecule has 7 nitrogen and oxygen atoms in total. The predicted molar refractivity (Wildman–Crippen MR) is 64.2 cm³/mol. The second-order valence-electron chi connectivity index (χ2n) is 4.94. The van der Waals surface area contributed by atoms with Gasteiger partial charge in [-0.25, -0.2) is 14.5 Å². The van der Waals surface area contributed by atoms with Crippen LogP contribution in [0.1, 0.15) is 38.3 Å². The maximum atomic E-state index is 11.9. The number of hydrogen-bond donors (Lipinski definition) is 1. The van der Waals surface area contributed by atoms with Gasteiger partial charge in [0.1, 0.15) is 11.9 Å². The first-order valence-corrected chi connectivity index (χ1v) is 5.58. The van der Waals surface area contributed by atoms with Crippen molar-refractivity contribution in [2.45, 2.75) is 39.3 Å². The summed E-state index contributed by atoms with van der Waals surface area (Å²) in [6, 6.07) is -0.720. The molecule has 1 rings (SSSR count). The Morgan fingerprint density at radius 3 is 2.50 bits per heavy atom. The molecule has 1 atom stereocenters. The molecule has 100 valence electrons. The number of amides is 1. The van der Waals surface area contributed by atoms with E-state index in [1.54, 1.807) is 34.7 Å². The summed E-state index contributed by atoms with van der Waals surface area (Å²) >= 11 is 0. The number of nitrogens with one attached hydrogen (secondary N) is 1. The third-order valence-corrected chi connectivity index (χ3v) is 2.06. The van der Waals surface area contributed by atoms with E-state index in [0.717, 1.165) is 0 Å². The Morgan fingerprint density at radius 2 is 2.06 bits per heavy atom. The van der Waals surface area contributed by atoms with Gasteiger partial charge in [-0.3, -0.25) is 4.79 Å². The largest absolute Gasteiger partial charge is 0.444 e. The first kappa shape index (κ1) is 14.1. The zero-order valence-corrected chi connectivity index (χ0v) is 11.2. The van der Waals surface area contributed by atoms with Crippen LogP contribution in [0.2, 0.25) is 0 Å². The minimum Gasteiger partial charge on any atom is -0.444 e. The number of ether oxygens (including phenoxy) is 1. The zero-order chi connectivity index (χ0) is 13.9. The Balaban J connectivity index is 2.61. The van der Waals surface area contributed by atoms with Crippen molar-refractivity contribution in [3.63, 3.8) is 0 Å². The molecule has 7 heteroatoms. The third-order valence-electron chi connectivity index (χ3n) is 2.06. The molecule has 0 saturated carbocycles. The average Bonchev–Trinajstić information content (AvgIpc) is 2.60. The Bertz CT molecular complexity index is 447. The summed E-state index contributed by atoms with van der Waals surface area (Å²) in [6.07, 6.45) is 0.651. The summed E-state index contributed by atoms with van der Waals surface area (Å²) in [4.78, 5) is 27.3. The zero-order valence-electron chi connectivity index (χ0n) is 11.2.